The van der Waals surface area contributed by atoms with Crippen molar-refractivity contribution in [2.45, 2.75) is 131 Å². The van der Waals surface area contributed by atoms with Crippen LogP contribution in [-0.4, -0.2) is 15.5 Å². The van der Waals surface area contributed by atoms with E-state index in [2.05, 4.69) is 35.0 Å². The zero-order valence-electron chi connectivity index (χ0n) is 21.9. The van der Waals surface area contributed by atoms with Crippen LogP contribution in [0.3, 0.4) is 0 Å². The van der Waals surface area contributed by atoms with Gasteiger partial charge in [0.2, 0.25) is 5.91 Å². The number of imidazole rings is 1. The second-order valence-corrected chi connectivity index (χ2v) is 10.7. The topological polar surface area (TPSA) is 46.9 Å². The average molecular weight is 456 g/mol. The fourth-order valence-corrected chi connectivity index (χ4v) is 4.40. The van der Waals surface area contributed by atoms with Gasteiger partial charge in [-0.1, -0.05) is 123 Å². The van der Waals surface area contributed by atoms with E-state index < -0.39 is 0 Å². The van der Waals surface area contributed by atoms with Crippen LogP contribution in [0.2, 0.25) is 0 Å². The number of carbonyl (C=O) groups excluding carboxylic acids is 1. The highest BCUT2D eigenvalue weighted by Gasteiger charge is 2.21. The number of hydrogen-bond acceptors (Lipinski definition) is 2. The Bertz CT molecular complexity index is 803. The number of hydrogen-bond donors (Lipinski definition) is 1. The Kier molecular flexibility index (Phi) is 12.6. The fourth-order valence-electron chi connectivity index (χ4n) is 4.40. The molecule has 4 nitrogen and oxygen atoms in total. The number of unbranched alkanes of at least 4 members (excludes halogenated alkanes) is 13. The third-order valence-electron chi connectivity index (χ3n) is 6.56. The first-order valence-corrected chi connectivity index (χ1v) is 13.7. The molecule has 186 valence electrons. The molecule has 33 heavy (non-hydrogen) atoms. The molecule has 1 heterocycles. The van der Waals surface area contributed by atoms with Crippen LogP contribution in [0.25, 0.3) is 11.0 Å². The van der Waals surface area contributed by atoms with Gasteiger partial charge in [-0.05, 0) is 18.6 Å². The number of amides is 1. The molecule has 4 heteroatoms. The summed E-state index contributed by atoms with van der Waals surface area (Å²) in [6.45, 7) is 9.58. The average Bonchev–Trinajstić information content (AvgIpc) is 3.14. The van der Waals surface area contributed by atoms with E-state index in [1.807, 2.05) is 26.8 Å². The number of nitrogens with one attached hydrogen (secondary N) is 1. The Hall–Kier alpha value is -1.84. The summed E-state index contributed by atoms with van der Waals surface area (Å²) in [5, 5.41) is 3.07. The molecule has 1 N–H and O–H groups in total. The van der Waals surface area contributed by atoms with Crippen molar-refractivity contribution in [3.63, 3.8) is 0 Å². The molecule has 0 aliphatic carbocycles. The van der Waals surface area contributed by atoms with Crippen molar-refractivity contribution in [2.75, 3.05) is 0 Å². The van der Waals surface area contributed by atoms with Crippen molar-refractivity contribution >= 4 is 16.9 Å². The molecule has 2 aromatic rings. The van der Waals surface area contributed by atoms with Crippen LogP contribution in [-0.2, 0) is 17.9 Å². The number of nitrogens with zero attached hydrogens (tertiary/aromatic N) is 2. The number of benzene rings is 1. The molecule has 0 spiro atoms. The Morgan fingerprint density at radius 3 is 1.88 bits per heavy atom. The monoisotopic (exact) mass is 455 g/mol. The quantitative estimate of drug-likeness (QED) is 0.244. The van der Waals surface area contributed by atoms with Crippen LogP contribution in [0.15, 0.2) is 24.3 Å². The number of aromatic nitrogens is 2. The van der Waals surface area contributed by atoms with E-state index >= 15 is 0 Å². The highest BCUT2D eigenvalue weighted by atomic mass is 16.2. The molecule has 0 aliphatic rings. The maximum Gasteiger partial charge on any atom is 0.225 e. The molecule has 0 radical (unpaired) electrons. The Balaban J connectivity index is 1.64. The maximum absolute atomic E-state index is 12.3. The van der Waals surface area contributed by atoms with Crippen LogP contribution in [0.4, 0.5) is 0 Å². The first-order chi connectivity index (χ1) is 15.9. The summed E-state index contributed by atoms with van der Waals surface area (Å²) in [5.74, 6) is 1.03. The summed E-state index contributed by atoms with van der Waals surface area (Å²) in [4.78, 5) is 17.1. The third-order valence-corrected chi connectivity index (χ3v) is 6.56. The van der Waals surface area contributed by atoms with E-state index in [0.717, 1.165) is 17.9 Å². The minimum absolute atomic E-state index is 0.0672. The van der Waals surface area contributed by atoms with Crippen LogP contribution < -0.4 is 5.32 Å². The first-order valence-electron chi connectivity index (χ1n) is 13.7. The van der Waals surface area contributed by atoms with Gasteiger partial charge in [-0.25, -0.2) is 4.98 Å². The van der Waals surface area contributed by atoms with E-state index in [9.17, 15) is 4.79 Å². The standard InChI is InChI=1S/C29H49N3O/c1-5-6-7-8-9-10-11-12-13-14-15-16-17-20-23-32-26-22-19-18-21-25(26)31-27(32)24-30-28(33)29(2,3)4/h18-19,21-22H,5-17,20,23-24H2,1-4H3,(H,30,33). The summed E-state index contributed by atoms with van der Waals surface area (Å²) in [7, 11) is 0. The lowest BCUT2D eigenvalue weighted by atomic mass is 9.96. The smallest absolute Gasteiger partial charge is 0.225 e. The molecular formula is C29H49N3O. The molecule has 2 rings (SSSR count). The van der Waals surface area contributed by atoms with Crippen molar-refractivity contribution in [3.05, 3.63) is 30.1 Å². The molecule has 1 amide bonds. The van der Waals surface area contributed by atoms with Crippen molar-refractivity contribution in [3.8, 4) is 0 Å². The molecule has 0 fully saturated rings. The molecule has 0 unspecified atom stereocenters. The van der Waals surface area contributed by atoms with Gasteiger partial charge < -0.3 is 9.88 Å². The fraction of sp³-hybridized carbons (Fsp3) is 0.724. The minimum atomic E-state index is -0.383. The summed E-state index contributed by atoms with van der Waals surface area (Å²) >= 11 is 0. The van der Waals surface area contributed by atoms with Crippen molar-refractivity contribution in [1.29, 1.82) is 0 Å². The summed E-state index contributed by atoms with van der Waals surface area (Å²) in [6, 6.07) is 8.31. The zero-order valence-corrected chi connectivity index (χ0v) is 21.9. The second kappa shape index (κ2) is 15.1. The van der Waals surface area contributed by atoms with Crippen LogP contribution in [0.1, 0.15) is 123 Å². The number of fused-ring (bicyclic) bond motifs is 1. The number of para-hydroxylation sites is 2. The van der Waals surface area contributed by atoms with E-state index in [0.29, 0.717) is 6.54 Å². The van der Waals surface area contributed by atoms with Gasteiger partial charge in [0, 0.05) is 12.0 Å². The van der Waals surface area contributed by atoms with Gasteiger partial charge in [0.05, 0.1) is 17.6 Å². The number of carbonyl (C=O) groups is 1. The highest BCUT2D eigenvalue weighted by Crippen LogP contribution is 2.19. The first kappa shape index (κ1) is 27.4. The lowest BCUT2D eigenvalue weighted by molar-refractivity contribution is -0.128. The maximum atomic E-state index is 12.3. The van der Waals surface area contributed by atoms with Gasteiger partial charge in [-0.3, -0.25) is 4.79 Å². The molecule has 1 aromatic carbocycles. The van der Waals surface area contributed by atoms with Gasteiger partial charge in [0.1, 0.15) is 5.82 Å². The SMILES string of the molecule is CCCCCCCCCCCCCCCCn1c(CNC(=O)C(C)(C)C)nc2ccccc21. The summed E-state index contributed by atoms with van der Waals surface area (Å²) in [6.07, 6.45) is 19.2. The van der Waals surface area contributed by atoms with E-state index in [1.54, 1.807) is 0 Å². The Morgan fingerprint density at radius 1 is 0.818 bits per heavy atom. The van der Waals surface area contributed by atoms with E-state index in [1.165, 1.54) is 95.4 Å². The van der Waals surface area contributed by atoms with E-state index in [4.69, 9.17) is 4.98 Å². The molecule has 0 saturated carbocycles. The molecule has 0 saturated heterocycles. The van der Waals surface area contributed by atoms with Crippen LogP contribution in [0, 0.1) is 5.41 Å². The highest BCUT2D eigenvalue weighted by molar-refractivity contribution is 5.81. The summed E-state index contributed by atoms with van der Waals surface area (Å²) in [5.41, 5.74) is 1.81. The predicted octanol–water partition coefficient (Wildman–Crippen LogP) is 8.18. The van der Waals surface area contributed by atoms with E-state index in [-0.39, 0.29) is 11.3 Å². The lowest BCUT2D eigenvalue weighted by Crippen LogP contribution is -2.35. The van der Waals surface area contributed by atoms with Gasteiger partial charge in [0.25, 0.3) is 0 Å². The van der Waals surface area contributed by atoms with Gasteiger partial charge in [-0.2, -0.15) is 0 Å². The Labute approximate surface area is 202 Å². The normalized spacial score (nSPS) is 11.9. The van der Waals surface area contributed by atoms with Gasteiger partial charge in [-0.15, -0.1) is 0 Å². The lowest BCUT2D eigenvalue weighted by Gasteiger charge is -2.18. The minimum Gasteiger partial charge on any atom is -0.348 e. The van der Waals surface area contributed by atoms with Crippen molar-refractivity contribution < 1.29 is 4.79 Å². The second-order valence-electron chi connectivity index (χ2n) is 10.7. The number of aryl methyl sites for hydroxylation is 1. The molecular weight excluding hydrogens is 406 g/mol. The van der Waals surface area contributed by atoms with Crippen LogP contribution >= 0.6 is 0 Å². The molecule has 0 bridgehead atoms. The van der Waals surface area contributed by atoms with Crippen molar-refractivity contribution in [2.24, 2.45) is 5.41 Å². The largest absolute Gasteiger partial charge is 0.348 e. The van der Waals surface area contributed by atoms with Crippen LogP contribution in [0.5, 0.6) is 0 Å². The predicted molar refractivity (Wildman–Crippen MR) is 141 cm³/mol. The molecule has 1 aromatic heterocycles. The van der Waals surface area contributed by atoms with Crippen molar-refractivity contribution in [1.82, 2.24) is 14.9 Å². The third kappa shape index (κ3) is 10.3. The zero-order chi connectivity index (χ0) is 23.9. The van der Waals surface area contributed by atoms with Gasteiger partial charge >= 0.3 is 0 Å². The molecule has 0 aliphatic heterocycles. The summed E-state index contributed by atoms with van der Waals surface area (Å²) < 4.78 is 2.30. The number of rotatable bonds is 17. The Morgan fingerprint density at radius 2 is 1.33 bits per heavy atom. The van der Waals surface area contributed by atoms with Gasteiger partial charge in [0.15, 0.2) is 0 Å². The molecule has 0 atom stereocenters.